The average molecular weight is 286 g/mol. The molecule has 8 nitrogen and oxygen atoms in total. The van der Waals surface area contributed by atoms with Gasteiger partial charge in [-0.25, -0.2) is 4.98 Å². The molecule has 0 aromatic carbocycles. The molecule has 3 atom stereocenters. The Kier molecular flexibility index (Phi) is 2.92. The summed E-state index contributed by atoms with van der Waals surface area (Å²) in [6.45, 7) is -0.109. The third-order valence-electron chi connectivity index (χ3n) is 3.06. The van der Waals surface area contributed by atoms with Crippen molar-refractivity contribution in [2.45, 2.75) is 24.1 Å². The molecule has 3 heterocycles. The van der Waals surface area contributed by atoms with Crippen LogP contribution in [0.1, 0.15) is 12.6 Å². The first kappa shape index (κ1) is 12.4. The molecule has 1 saturated heterocycles. The number of H-pyrrole nitrogens is 1. The van der Waals surface area contributed by atoms with E-state index in [1.54, 1.807) is 4.57 Å². The topological polar surface area (TPSA) is 119 Å². The summed E-state index contributed by atoms with van der Waals surface area (Å²) in [7, 11) is 0. The van der Waals surface area contributed by atoms with E-state index in [2.05, 4.69) is 15.0 Å². The normalized spacial score (nSPS) is 27.2. The number of alkyl halides is 1. The van der Waals surface area contributed by atoms with E-state index < -0.39 is 11.8 Å². The van der Waals surface area contributed by atoms with Gasteiger partial charge in [0.2, 0.25) is 5.95 Å². The van der Waals surface area contributed by atoms with E-state index in [1.807, 2.05) is 0 Å². The second-order valence-electron chi connectivity index (χ2n) is 4.36. The van der Waals surface area contributed by atoms with Gasteiger partial charge in [-0.3, -0.25) is 14.3 Å². The van der Waals surface area contributed by atoms with Crippen LogP contribution in [0.5, 0.6) is 0 Å². The summed E-state index contributed by atoms with van der Waals surface area (Å²) >= 11 is 6.19. The lowest BCUT2D eigenvalue weighted by atomic mass is 10.2. The van der Waals surface area contributed by atoms with Gasteiger partial charge in [0.15, 0.2) is 17.4 Å². The number of aromatic nitrogens is 4. The van der Waals surface area contributed by atoms with Gasteiger partial charge in [0.25, 0.3) is 5.56 Å². The lowest BCUT2D eigenvalue weighted by Crippen LogP contribution is -2.18. The van der Waals surface area contributed by atoms with Gasteiger partial charge in [0.1, 0.15) is 0 Å². The highest BCUT2D eigenvalue weighted by molar-refractivity contribution is 6.21. The number of rotatable bonds is 2. The van der Waals surface area contributed by atoms with E-state index in [1.165, 1.54) is 6.33 Å². The number of nitrogen functional groups attached to an aromatic ring is 1. The first-order valence-electron chi connectivity index (χ1n) is 5.73. The number of halogens is 1. The number of fused-ring (bicyclic) bond motifs is 1. The van der Waals surface area contributed by atoms with Crippen molar-refractivity contribution in [3.05, 3.63) is 16.7 Å². The van der Waals surface area contributed by atoms with Gasteiger partial charge >= 0.3 is 0 Å². The molecule has 2 aromatic heterocycles. The second-order valence-corrected chi connectivity index (χ2v) is 4.92. The summed E-state index contributed by atoms with van der Waals surface area (Å²) < 4.78 is 7.17. The molecule has 1 aliphatic heterocycles. The van der Waals surface area contributed by atoms with Crippen LogP contribution < -0.4 is 11.3 Å². The van der Waals surface area contributed by atoms with E-state index >= 15 is 0 Å². The van der Waals surface area contributed by atoms with Crippen LogP contribution in [0.2, 0.25) is 0 Å². The molecule has 0 saturated carbocycles. The minimum atomic E-state index is -0.530. The maximum atomic E-state index is 11.7. The summed E-state index contributed by atoms with van der Waals surface area (Å²) in [5.41, 5.74) is 5.60. The van der Waals surface area contributed by atoms with Gasteiger partial charge < -0.3 is 15.6 Å². The van der Waals surface area contributed by atoms with E-state index in [4.69, 9.17) is 27.2 Å². The molecule has 19 heavy (non-hydrogen) atoms. The molecule has 0 aliphatic carbocycles. The molecule has 0 unspecified atom stereocenters. The number of aliphatic hydroxyl groups is 1. The van der Waals surface area contributed by atoms with Gasteiger partial charge in [0.05, 0.1) is 24.4 Å². The van der Waals surface area contributed by atoms with Crippen LogP contribution in [0.4, 0.5) is 5.95 Å². The smallest absolute Gasteiger partial charge is 0.280 e. The van der Waals surface area contributed by atoms with Crippen molar-refractivity contribution in [3.63, 3.8) is 0 Å². The Bertz CT molecular complexity index is 669. The quantitative estimate of drug-likeness (QED) is 0.645. The number of aliphatic hydroxyl groups excluding tert-OH is 1. The molecular weight excluding hydrogens is 274 g/mol. The Labute approximate surface area is 112 Å². The average Bonchev–Trinajstić information content (AvgIpc) is 2.92. The standard InChI is InChI=1S/C10H12ClN5O3/c11-5-1-4(2-17)19-9(5)16-3-13-6-7(16)14-10(12)15-8(6)18/h3-5,9,17H,1-2H2,(H3,12,14,15,18)/t4-,5-,9+/m0/s1. The zero-order valence-corrected chi connectivity index (χ0v) is 10.5. The third kappa shape index (κ3) is 1.97. The number of hydrogen-bond donors (Lipinski definition) is 3. The van der Waals surface area contributed by atoms with Gasteiger partial charge in [-0.1, -0.05) is 0 Å². The van der Waals surface area contributed by atoms with Crippen molar-refractivity contribution >= 4 is 28.7 Å². The number of imidazole rings is 1. The number of hydrogen-bond acceptors (Lipinski definition) is 6. The zero-order chi connectivity index (χ0) is 13.6. The van der Waals surface area contributed by atoms with Crippen molar-refractivity contribution in [1.82, 2.24) is 19.5 Å². The Morgan fingerprint density at radius 2 is 2.47 bits per heavy atom. The summed E-state index contributed by atoms with van der Waals surface area (Å²) in [6, 6.07) is 0. The van der Waals surface area contributed by atoms with Crippen molar-refractivity contribution < 1.29 is 9.84 Å². The number of nitrogens with one attached hydrogen (secondary N) is 1. The first-order chi connectivity index (χ1) is 9.10. The molecule has 0 spiro atoms. The zero-order valence-electron chi connectivity index (χ0n) is 9.78. The fourth-order valence-electron chi connectivity index (χ4n) is 2.19. The lowest BCUT2D eigenvalue weighted by molar-refractivity contribution is -0.0199. The van der Waals surface area contributed by atoms with E-state index in [-0.39, 0.29) is 29.6 Å². The molecule has 2 aromatic rings. The van der Waals surface area contributed by atoms with Gasteiger partial charge in [-0.15, -0.1) is 11.6 Å². The number of nitrogens with two attached hydrogens (primary N) is 1. The fourth-order valence-corrected chi connectivity index (χ4v) is 2.57. The Morgan fingerprint density at radius 1 is 1.68 bits per heavy atom. The molecule has 4 N–H and O–H groups in total. The maximum absolute atomic E-state index is 11.7. The Morgan fingerprint density at radius 3 is 3.16 bits per heavy atom. The molecular formula is C10H12ClN5O3. The highest BCUT2D eigenvalue weighted by Crippen LogP contribution is 2.33. The molecule has 102 valence electrons. The predicted octanol–water partition coefficient (Wildman–Crippen LogP) is -0.411. The maximum Gasteiger partial charge on any atom is 0.280 e. The molecule has 1 aliphatic rings. The van der Waals surface area contributed by atoms with Crippen LogP contribution in [0.25, 0.3) is 11.2 Å². The van der Waals surface area contributed by atoms with Crippen molar-refractivity contribution in [1.29, 1.82) is 0 Å². The third-order valence-corrected chi connectivity index (χ3v) is 3.45. The predicted molar refractivity (Wildman–Crippen MR) is 67.8 cm³/mol. The molecule has 0 amide bonds. The highest BCUT2D eigenvalue weighted by atomic mass is 35.5. The second kappa shape index (κ2) is 4.48. The van der Waals surface area contributed by atoms with Gasteiger partial charge in [0, 0.05) is 0 Å². The number of nitrogens with zero attached hydrogens (tertiary/aromatic N) is 3. The van der Waals surface area contributed by atoms with Crippen LogP contribution in [0.3, 0.4) is 0 Å². The van der Waals surface area contributed by atoms with Crippen LogP contribution in [-0.4, -0.2) is 42.7 Å². The summed E-state index contributed by atoms with van der Waals surface area (Å²) in [5, 5.41) is 8.77. The van der Waals surface area contributed by atoms with Crippen LogP contribution in [-0.2, 0) is 4.74 Å². The SMILES string of the molecule is Nc1nc2c(ncn2[C@@H]2O[C@H](CO)C[C@@H]2Cl)c(=O)[nH]1. The molecule has 9 heteroatoms. The number of aromatic amines is 1. The minimum Gasteiger partial charge on any atom is -0.394 e. The van der Waals surface area contributed by atoms with E-state index in [9.17, 15) is 4.79 Å². The monoisotopic (exact) mass is 285 g/mol. The molecule has 0 bridgehead atoms. The van der Waals surface area contributed by atoms with Crippen LogP contribution in [0, 0.1) is 0 Å². The van der Waals surface area contributed by atoms with E-state index in [0.717, 1.165) is 0 Å². The van der Waals surface area contributed by atoms with Gasteiger partial charge in [-0.05, 0) is 6.42 Å². The van der Waals surface area contributed by atoms with E-state index in [0.29, 0.717) is 12.1 Å². The summed E-state index contributed by atoms with van der Waals surface area (Å²) in [5.74, 6) is 0.00192. The number of ether oxygens (including phenoxy) is 1. The lowest BCUT2D eigenvalue weighted by Gasteiger charge is -2.15. The molecule has 0 radical (unpaired) electrons. The van der Waals surface area contributed by atoms with Crippen molar-refractivity contribution in [2.75, 3.05) is 12.3 Å². The van der Waals surface area contributed by atoms with Crippen molar-refractivity contribution in [3.8, 4) is 0 Å². The van der Waals surface area contributed by atoms with Crippen LogP contribution >= 0.6 is 11.6 Å². The minimum absolute atomic E-state index is 0.00192. The largest absolute Gasteiger partial charge is 0.394 e. The Hall–Kier alpha value is -1.64. The Balaban J connectivity index is 2.09. The van der Waals surface area contributed by atoms with Crippen LogP contribution in [0.15, 0.2) is 11.1 Å². The summed E-state index contributed by atoms with van der Waals surface area (Å²) in [6.07, 6.45) is 1.09. The molecule has 3 rings (SSSR count). The van der Waals surface area contributed by atoms with Gasteiger partial charge in [-0.2, -0.15) is 4.98 Å². The molecule has 1 fully saturated rings. The first-order valence-corrected chi connectivity index (χ1v) is 6.16. The highest BCUT2D eigenvalue weighted by Gasteiger charge is 2.36. The number of anilines is 1. The fraction of sp³-hybridized carbons (Fsp3) is 0.500. The summed E-state index contributed by atoms with van der Waals surface area (Å²) in [4.78, 5) is 22.1. The van der Waals surface area contributed by atoms with Crippen molar-refractivity contribution in [2.24, 2.45) is 0 Å².